The number of nitrogens with one attached hydrogen (secondary N) is 1. The van der Waals surface area contributed by atoms with Gasteiger partial charge in [0.1, 0.15) is 0 Å². The van der Waals surface area contributed by atoms with Crippen LogP contribution in [-0.2, 0) is 0 Å². The summed E-state index contributed by atoms with van der Waals surface area (Å²) < 4.78 is 0. The number of hydrogen-bond donors (Lipinski definition) is 1. The van der Waals surface area contributed by atoms with E-state index < -0.39 is 0 Å². The quantitative estimate of drug-likeness (QED) is 0.615. The van der Waals surface area contributed by atoms with Gasteiger partial charge in [-0.3, -0.25) is 0 Å². The van der Waals surface area contributed by atoms with Crippen molar-refractivity contribution in [1.82, 2.24) is 15.1 Å². The first-order valence-corrected chi connectivity index (χ1v) is 8.21. The summed E-state index contributed by atoms with van der Waals surface area (Å²) in [5.74, 6) is 0. The standard InChI is InChI=1S/C16H35N3/c1-5-9-17-14-16(3,6-2)15-18(4)12-13-19-10-7-8-11-19/h17H,5-15H2,1-4H3. The number of nitrogens with zero attached hydrogens (tertiary/aromatic N) is 2. The van der Waals surface area contributed by atoms with Gasteiger partial charge in [0, 0.05) is 26.2 Å². The summed E-state index contributed by atoms with van der Waals surface area (Å²) in [5, 5.41) is 3.59. The zero-order chi connectivity index (χ0) is 14.1. The molecule has 19 heavy (non-hydrogen) atoms. The Hall–Kier alpha value is -0.120. The van der Waals surface area contributed by atoms with Gasteiger partial charge < -0.3 is 15.1 Å². The van der Waals surface area contributed by atoms with Crippen molar-refractivity contribution in [2.45, 2.75) is 46.5 Å². The van der Waals surface area contributed by atoms with Gasteiger partial charge in [-0.2, -0.15) is 0 Å². The van der Waals surface area contributed by atoms with Gasteiger partial charge in [0.05, 0.1) is 0 Å². The van der Waals surface area contributed by atoms with E-state index in [2.05, 4.69) is 42.9 Å². The third-order valence-electron chi connectivity index (χ3n) is 4.48. The maximum atomic E-state index is 3.59. The van der Waals surface area contributed by atoms with E-state index in [1.54, 1.807) is 0 Å². The van der Waals surface area contributed by atoms with Gasteiger partial charge in [-0.1, -0.05) is 20.8 Å². The van der Waals surface area contributed by atoms with Crippen molar-refractivity contribution < 1.29 is 0 Å². The second-order valence-electron chi connectivity index (χ2n) is 6.63. The Kier molecular flexibility index (Phi) is 7.96. The Bertz CT molecular complexity index is 226. The molecular weight excluding hydrogens is 234 g/mol. The molecule has 0 aromatic rings. The SMILES string of the molecule is CCCNCC(C)(CC)CN(C)CCN1CCCC1. The average Bonchev–Trinajstić information content (AvgIpc) is 2.90. The smallest absolute Gasteiger partial charge is 0.0109 e. The molecule has 0 aromatic heterocycles. The van der Waals surface area contributed by atoms with Crippen LogP contribution in [0.3, 0.4) is 0 Å². The number of likely N-dealkylation sites (N-methyl/N-ethyl adjacent to an activating group) is 1. The minimum Gasteiger partial charge on any atom is -0.316 e. The molecule has 1 atom stereocenters. The Labute approximate surface area is 120 Å². The highest BCUT2D eigenvalue weighted by atomic mass is 15.2. The Morgan fingerprint density at radius 3 is 2.47 bits per heavy atom. The highest BCUT2D eigenvalue weighted by Crippen LogP contribution is 2.21. The van der Waals surface area contributed by atoms with E-state index in [1.807, 2.05) is 0 Å². The molecule has 1 N–H and O–H groups in total. The van der Waals surface area contributed by atoms with Crippen LogP contribution in [0.2, 0.25) is 0 Å². The molecular formula is C16H35N3. The van der Waals surface area contributed by atoms with Crippen molar-refractivity contribution in [2.24, 2.45) is 5.41 Å². The van der Waals surface area contributed by atoms with Crippen molar-refractivity contribution >= 4 is 0 Å². The lowest BCUT2D eigenvalue weighted by Gasteiger charge is -2.34. The molecule has 1 rings (SSSR count). The maximum absolute atomic E-state index is 3.59. The van der Waals surface area contributed by atoms with Gasteiger partial charge in [-0.15, -0.1) is 0 Å². The molecule has 1 unspecified atom stereocenters. The van der Waals surface area contributed by atoms with Crippen LogP contribution in [0.25, 0.3) is 0 Å². The molecule has 1 heterocycles. The number of rotatable bonds is 10. The lowest BCUT2D eigenvalue weighted by atomic mass is 9.87. The van der Waals surface area contributed by atoms with Gasteiger partial charge in [0.25, 0.3) is 0 Å². The van der Waals surface area contributed by atoms with E-state index in [0.717, 1.165) is 13.1 Å². The number of hydrogen-bond acceptors (Lipinski definition) is 3. The predicted molar refractivity (Wildman–Crippen MR) is 84.7 cm³/mol. The van der Waals surface area contributed by atoms with Crippen LogP contribution in [0.5, 0.6) is 0 Å². The first kappa shape index (κ1) is 16.9. The Balaban J connectivity index is 2.23. The van der Waals surface area contributed by atoms with Crippen molar-refractivity contribution in [3.8, 4) is 0 Å². The fraction of sp³-hybridized carbons (Fsp3) is 1.00. The van der Waals surface area contributed by atoms with Crippen molar-refractivity contribution in [3.63, 3.8) is 0 Å². The zero-order valence-electron chi connectivity index (χ0n) is 13.7. The van der Waals surface area contributed by atoms with E-state index in [1.165, 1.54) is 58.4 Å². The van der Waals surface area contributed by atoms with Gasteiger partial charge in [-0.25, -0.2) is 0 Å². The van der Waals surface area contributed by atoms with Crippen molar-refractivity contribution in [2.75, 3.05) is 52.9 Å². The first-order valence-electron chi connectivity index (χ1n) is 8.21. The van der Waals surface area contributed by atoms with Crippen molar-refractivity contribution in [3.05, 3.63) is 0 Å². The van der Waals surface area contributed by atoms with Crippen LogP contribution in [0.4, 0.5) is 0 Å². The van der Waals surface area contributed by atoms with Crippen molar-refractivity contribution in [1.29, 1.82) is 0 Å². The van der Waals surface area contributed by atoms with Gasteiger partial charge in [0.15, 0.2) is 0 Å². The molecule has 3 nitrogen and oxygen atoms in total. The molecule has 0 amide bonds. The fourth-order valence-corrected chi connectivity index (χ4v) is 2.91. The lowest BCUT2D eigenvalue weighted by Crippen LogP contribution is -2.43. The minimum atomic E-state index is 0.412. The molecule has 0 bridgehead atoms. The third-order valence-corrected chi connectivity index (χ3v) is 4.48. The average molecular weight is 269 g/mol. The Morgan fingerprint density at radius 2 is 1.89 bits per heavy atom. The maximum Gasteiger partial charge on any atom is 0.0109 e. The second kappa shape index (κ2) is 8.93. The first-order chi connectivity index (χ1) is 9.09. The van der Waals surface area contributed by atoms with Gasteiger partial charge in [0.2, 0.25) is 0 Å². The van der Waals surface area contributed by atoms with Gasteiger partial charge >= 0.3 is 0 Å². The molecule has 0 saturated carbocycles. The van der Waals surface area contributed by atoms with Crippen LogP contribution in [0.15, 0.2) is 0 Å². The highest BCUT2D eigenvalue weighted by molar-refractivity contribution is 4.79. The summed E-state index contributed by atoms with van der Waals surface area (Å²) in [6.07, 6.45) is 5.27. The number of likely N-dealkylation sites (tertiary alicyclic amines) is 1. The molecule has 0 aromatic carbocycles. The normalized spacial score (nSPS) is 20.1. The summed E-state index contributed by atoms with van der Waals surface area (Å²) in [4.78, 5) is 5.13. The predicted octanol–water partition coefficient (Wildman–Crippen LogP) is 2.43. The van der Waals surface area contributed by atoms with Crippen LogP contribution in [-0.4, -0.2) is 62.7 Å². The van der Waals surface area contributed by atoms with E-state index in [4.69, 9.17) is 0 Å². The van der Waals surface area contributed by atoms with Crippen LogP contribution < -0.4 is 5.32 Å². The summed E-state index contributed by atoms with van der Waals surface area (Å²) in [6, 6.07) is 0. The molecule has 1 saturated heterocycles. The molecule has 1 aliphatic rings. The summed E-state index contributed by atoms with van der Waals surface area (Å²) in [5.41, 5.74) is 0.412. The third kappa shape index (κ3) is 6.73. The van der Waals surface area contributed by atoms with Crippen LogP contribution in [0, 0.1) is 5.41 Å². The molecule has 1 aliphatic heterocycles. The minimum absolute atomic E-state index is 0.412. The molecule has 3 heteroatoms. The molecule has 114 valence electrons. The summed E-state index contributed by atoms with van der Waals surface area (Å²) in [7, 11) is 2.28. The highest BCUT2D eigenvalue weighted by Gasteiger charge is 2.23. The van der Waals surface area contributed by atoms with E-state index in [9.17, 15) is 0 Å². The monoisotopic (exact) mass is 269 g/mol. The largest absolute Gasteiger partial charge is 0.316 e. The van der Waals surface area contributed by atoms with Crippen LogP contribution >= 0.6 is 0 Å². The Morgan fingerprint density at radius 1 is 1.21 bits per heavy atom. The van der Waals surface area contributed by atoms with Gasteiger partial charge in [-0.05, 0) is 57.8 Å². The van der Waals surface area contributed by atoms with Crippen LogP contribution in [0.1, 0.15) is 46.5 Å². The lowest BCUT2D eigenvalue weighted by molar-refractivity contribution is 0.165. The van der Waals surface area contributed by atoms with E-state index in [-0.39, 0.29) is 0 Å². The molecule has 0 aliphatic carbocycles. The topological polar surface area (TPSA) is 18.5 Å². The van der Waals surface area contributed by atoms with E-state index >= 15 is 0 Å². The summed E-state index contributed by atoms with van der Waals surface area (Å²) in [6.45, 7) is 15.6. The fourth-order valence-electron chi connectivity index (χ4n) is 2.91. The summed E-state index contributed by atoms with van der Waals surface area (Å²) >= 11 is 0. The molecule has 0 radical (unpaired) electrons. The van der Waals surface area contributed by atoms with E-state index in [0.29, 0.717) is 5.41 Å². The molecule has 0 spiro atoms. The molecule has 1 fully saturated rings. The second-order valence-corrected chi connectivity index (χ2v) is 6.63. The zero-order valence-corrected chi connectivity index (χ0v) is 13.7.